The van der Waals surface area contributed by atoms with E-state index in [1.54, 1.807) is 6.08 Å². The highest BCUT2D eigenvalue weighted by molar-refractivity contribution is 7.80. The Kier molecular flexibility index (Phi) is 5.84. The summed E-state index contributed by atoms with van der Waals surface area (Å²) in [5.41, 5.74) is 0.274. The van der Waals surface area contributed by atoms with Crippen LogP contribution in [0.3, 0.4) is 0 Å². The highest BCUT2D eigenvalue weighted by Crippen LogP contribution is 2.35. The van der Waals surface area contributed by atoms with Gasteiger partial charge in [0.05, 0.1) is 30.2 Å². The maximum atomic E-state index is 13.0. The number of nitrogens with zero attached hydrogens (tertiary/aromatic N) is 1. The van der Waals surface area contributed by atoms with Gasteiger partial charge in [-0.1, -0.05) is 6.08 Å². The number of hydrogen-bond acceptors (Lipinski definition) is 3. The fourth-order valence-corrected chi connectivity index (χ4v) is 2.42. The van der Waals surface area contributed by atoms with Crippen LogP contribution in [0.15, 0.2) is 30.9 Å². The Morgan fingerprint density at radius 2 is 2.04 bits per heavy atom. The van der Waals surface area contributed by atoms with Gasteiger partial charge in [0.25, 0.3) is 0 Å². The van der Waals surface area contributed by atoms with E-state index in [0.29, 0.717) is 44.2 Å². The molecule has 0 spiro atoms. The van der Waals surface area contributed by atoms with Gasteiger partial charge in [-0.05, 0) is 30.4 Å². The van der Waals surface area contributed by atoms with Gasteiger partial charge in [0.1, 0.15) is 0 Å². The van der Waals surface area contributed by atoms with Gasteiger partial charge >= 0.3 is 6.18 Å². The Balaban J connectivity index is 2.28. The summed E-state index contributed by atoms with van der Waals surface area (Å²) in [5.74, 6) is 0. The molecule has 1 aliphatic rings. The molecular formula is C15H18F3N3OS. The molecule has 0 radical (unpaired) electrons. The van der Waals surface area contributed by atoms with Crippen LogP contribution in [0.1, 0.15) is 5.56 Å². The number of anilines is 2. The third-order valence-electron chi connectivity index (χ3n) is 3.33. The van der Waals surface area contributed by atoms with Crippen LogP contribution in [0.25, 0.3) is 0 Å². The van der Waals surface area contributed by atoms with Crippen LogP contribution in [0, 0.1) is 0 Å². The second kappa shape index (κ2) is 7.65. The van der Waals surface area contributed by atoms with Crippen LogP contribution in [0.2, 0.25) is 0 Å². The van der Waals surface area contributed by atoms with E-state index in [0.717, 1.165) is 12.1 Å². The first-order valence-corrected chi connectivity index (χ1v) is 7.52. The molecule has 1 heterocycles. The van der Waals surface area contributed by atoms with Crippen LogP contribution >= 0.6 is 12.2 Å². The molecule has 4 nitrogen and oxygen atoms in total. The highest BCUT2D eigenvalue weighted by Gasteiger charge is 2.31. The lowest BCUT2D eigenvalue weighted by molar-refractivity contribution is -0.137. The summed E-state index contributed by atoms with van der Waals surface area (Å²) in [5, 5.41) is 5.94. The van der Waals surface area contributed by atoms with Gasteiger partial charge in [-0.25, -0.2) is 0 Å². The second-order valence-corrected chi connectivity index (χ2v) is 5.36. The molecule has 2 N–H and O–H groups in total. The molecule has 1 fully saturated rings. The van der Waals surface area contributed by atoms with Crippen molar-refractivity contribution >= 4 is 28.7 Å². The molecule has 1 aromatic rings. The lowest BCUT2D eigenvalue weighted by atomic mass is 10.1. The molecule has 0 aliphatic carbocycles. The van der Waals surface area contributed by atoms with Crippen molar-refractivity contribution in [1.82, 2.24) is 5.32 Å². The Hall–Kier alpha value is -1.80. The zero-order chi connectivity index (χ0) is 16.9. The van der Waals surface area contributed by atoms with E-state index in [-0.39, 0.29) is 5.11 Å². The summed E-state index contributed by atoms with van der Waals surface area (Å²) in [7, 11) is 0. The number of rotatable bonds is 4. The summed E-state index contributed by atoms with van der Waals surface area (Å²) in [6, 6.07) is 3.62. The quantitative estimate of drug-likeness (QED) is 0.648. The van der Waals surface area contributed by atoms with Crippen molar-refractivity contribution in [2.45, 2.75) is 6.18 Å². The van der Waals surface area contributed by atoms with Crippen LogP contribution in [-0.2, 0) is 10.9 Å². The van der Waals surface area contributed by atoms with Crippen molar-refractivity contribution in [1.29, 1.82) is 0 Å². The molecular weight excluding hydrogens is 327 g/mol. The molecule has 126 valence electrons. The Morgan fingerprint density at radius 1 is 1.35 bits per heavy atom. The lowest BCUT2D eigenvalue weighted by Crippen LogP contribution is -2.37. The minimum Gasteiger partial charge on any atom is -0.378 e. The standard InChI is InChI=1S/C15H18F3N3OS/c1-2-5-19-14(23)20-12-10-11(15(16,17)18)3-4-13(12)21-6-8-22-9-7-21/h2-4,10H,1,5-9H2,(H2,19,20,23). The van der Waals surface area contributed by atoms with Crippen molar-refractivity contribution in [2.24, 2.45) is 0 Å². The van der Waals surface area contributed by atoms with E-state index in [4.69, 9.17) is 17.0 Å². The van der Waals surface area contributed by atoms with Crippen molar-refractivity contribution in [3.05, 3.63) is 36.4 Å². The van der Waals surface area contributed by atoms with E-state index < -0.39 is 11.7 Å². The number of alkyl halides is 3. The fraction of sp³-hybridized carbons (Fsp3) is 0.400. The van der Waals surface area contributed by atoms with Gasteiger partial charge in [0.15, 0.2) is 5.11 Å². The summed E-state index contributed by atoms with van der Waals surface area (Å²) in [6.45, 7) is 6.30. The summed E-state index contributed by atoms with van der Waals surface area (Å²) < 4.78 is 44.2. The Labute approximate surface area is 138 Å². The van der Waals surface area contributed by atoms with Gasteiger partial charge in [-0.3, -0.25) is 0 Å². The topological polar surface area (TPSA) is 36.5 Å². The minimum atomic E-state index is -4.41. The molecule has 1 aliphatic heterocycles. The third-order valence-corrected chi connectivity index (χ3v) is 3.58. The normalized spacial score (nSPS) is 15.2. The molecule has 0 saturated carbocycles. The SMILES string of the molecule is C=CCNC(=S)Nc1cc(C(F)(F)F)ccc1N1CCOCC1. The molecule has 0 amide bonds. The molecule has 0 aromatic heterocycles. The molecule has 2 rings (SSSR count). The molecule has 1 aromatic carbocycles. The average Bonchev–Trinajstić information content (AvgIpc) is 2.53. The van der Waals surface area contributed by atoms with Gasteiger partial charge in [-0.2, -0.15) is 13.2 Å². The lowest BCUT2D eigenvalue weighted by Gasteiger charge is -2.31. The van der Waals surface area contributed by atoms with Crippen LogP contribution in [-0.4, -0.2) is 38.0 Å². The first-order chi connectivity index (χ1) is 10.9. The van der Waals surface area contributed by atoms with Crippen molar-refractivity contribution in [3.8, 4) is 0 Å². The van der Waals surface area contributed by atoms with E-state index >= 15 is 0 Å². The number of halogens is 3. The summed E-state index contributed by atoms with van der Waals surface area (Å²) in [4.78, 5) is 1.97. The van der Waals surface area contributed by atoms with E-state index in [1.165, 1.54) is 6.07 Å². The average molecular weight is 345 g/mol. The third kappa shape index (κ3) is 4.84. The smallest absolute Gasteiger partial charge is 0.378 e. The van der Waals surface area contributed by atoms with Crippen LogP contribution < -0.4 is 15.5 Å². The highest BCUT2D eigenvalue weighted by atomic mass is 32.1. The summed E-state index contributed by atoms with van der Waals surface area (Å²) in [6.07, 6.45) is -2.79. The van der Waals surface area contributed by atoms with Gasteiger partial charge in [0.2, 0.25) is 0 Å². The Morgan fingerprint density at radius 3 is 2.65 bits per heavy atom. The van der Waals surface area contributed by atoms with Gasteiger partial charge in [-0.15, -0.1) is 6.58 Å². The molecule has 0 bridgehead atoms. The maximum Gasteiger partial charge on any atom is 0.416 e. The fourth-order valence-electron chi connectivity index (χ4n) is 2.22. The minimum absolute atomic E-state index is 0.249. The zero-order valence-corrected chi connectivity index (χ0v) is 13.3. The number of nitrogens with one attached hydrogen (secondary N) is 2. The largest absolute Gasteiger partial charge is 0.416 e. The molecule has 0 unspecified atom stereocenters. The number of thiocarbonyl (C=S) groups is 1. The molecule has 1 saturated heterocycles. The first-order valence-electron chi connectivity index (χ1n) is 7.11. The first kappa shape index (κ1) is 17.6. The van der Waals surface area contributed by atoms with Crippen molar-refractivity contribution < 1.29 is 17.9 Å². The summed E-state index contributed by atoms with van der Waals surface area (Å²) >= 11 is 5.10. The predicted octanol–water partition coefficient (Wildman–Crippen LogP) is 3.01. The van der Waals surface area contributed by atoms with Crippen LogP contribution in [0.4, 0.5) is 24.5 Å². The van der Waals surface area contributed by atoms with Crippen LogP contribution in [0.5, 0.6) is 0 Å². The molecule has 8 heteroatoms. The van der Waals surface area contributed by atoms with Gasteiger partial charge in [0, 0.05) is 19.6 Å². The Bertz CT molecular complexity index is 572. The monoisotopic (exact) mass is 345 g/mol. The second-order valence-electron chi connectivity index (χ2n) is 4.95. The molecule has 23 heavy (non-hydrogen) atoms. The number of benzene rings is 1. The van der Waals surface area contributed by atoms with Crippen molar-refractivity contribution in [2.75, 3.05) is 43.1 Å². The number of hydrogen-bond donors (Lipinski definition) is 2. The number of morpholine rings is 1. The number of ether oxygens (including phenoxy) is 1. The van der Waals surface area contributed by atoms with E-state index in [2.05, 4.69) is 17.2 Å². The maximum absolute atomic E-state index is 13.0. The van der Waals surface area contributed by atoms with E-state index in [9.17, 15) is 13.2 Å². The molecule has 0 atom stereocenters. The van der Waals surface area contributed by atoms with Gasteiger partial charge < -0.3 is 20.3 Å². The zero-order valence-electron chi connectivity index (χ0n) is 12.4. The van der Waals surface area contributed by atoms with Crippen molar-refractivity contribution in [3.63, 3.8) is 0 Å². The van der Waals surface area contributed by atoms with E-state index in [1.807, 2.05) is 4.90 Å². The predicted molar refractivity (Wildman–Crippen MR) is 88.9 cm³/mol.